The maximum atomic E-state index is 6.20. The molecule has 2 aromatic carbocycles. The van der Waals surface area contributed by atoms with Gasteiger partial charge in [-0.25, -0.2) is 4.68 Å². The Hall–Kier alpha value is -2.47. The molecule has 6 heteroatoms. The standard InChI is InChI=1S/C17H16BrN5/c1-11-8-9-15(14(18)10-11)20-21-16-12(2)22-23(17(16)19)13-6-4-3-5-7-13/h3-10H,19H2,1-2H3. The highest BCUT2D eigenvalue weighted by Gasteiger charge is 2.13. The zero-order valence-electron chi connectivity index (χ0n) is 12.9. The molecule has 3 aromatic rings. The maximum absolute atomic E-state index is 6.20. The fraction of sp³-hybridized carbons (Fsp3) is 0.118. The van der Waals surface area contributed by atoms with Gasteiger partial charge in [-0.1, -0.05) is 24.3 Å². The Labute approximate surface area is 143 Å². The summed E-state index contributed by atoms with van der Waals surface area (Å²) in [5.74, 6) is 0.473. The summed E-state index contributed by atoms with van der Waals surface area (Å²) >= 11 is 3.49. The average molecular weight is 370 g/mol. The lowest BCUT2D eigenvalue weighted by molar-refractivity contribution is 0.872. The van der Waals surface area contributed by atoms with Gasteiger partial charge >= 0.3 is 0 Å². The van der Waals surface area contributed by atoms with Gasteiger partial charge in [-0.2, -0.15) is 5.10 Å². The molecule has 5 nitrogen and oxygen atoms in total. The lowest BCUT2D eigenvalue weighted by atomic mass is 10.2. The maximum Gasteiger partial charge on any atom is 0.155 e. The first-order chi connectivity index (χ1) is 11.1. The van der Waals surface area contributed by atoms with Gasteiger partial charge in [-0.15, -0.1) is 10.2 Å². The fourth-order valence-corrected chi connectivity index (χ4v) is 2.80. The van der Waals surface area contributed by atoms with Gasteiger partial charge in [0.15, 0.2) is 11.5 Å². The lowest BCUT2D eigenvalue weighted by Crippen LogP contribution is -2.01. The van der Waals surface area contributed by atoms with E-state index in [1.807, 2.05) is 62.4 Å². The number of benzene rings is 2. The van der Waals surface area contributed by atoms with Gasteiger partial charge in [0, 0.05) is 4.47 Å². The first kappa shape index (κ1) is 15.4. The minimum atomic E-state index is 0.473. The van der Waals surface area contributed by atoms with Crippen LogP contribution in [0.3, 0.4) is 0 Å². The minimum Gasteiger partial charge on any atom is -0.382 e. The van der Waals surface area contributed by atoms with Crippen LogP contribution in [0, 0.1) is 13.8 Å². The summed E-state index contributed by atoms with van der Waals surface area (Å²) in [6.07, 6.45) is 0. The molecule has 0 atom stereocenters. The number of halogens is 1. The molecule has 0 unspecified atom stereocenters. The van der Waals surface area contributed by atoms with Crippen molar-refractivity contribution in [3.8, 4) is 5.69 Å². The van der Waals surface area contributed by atoms with Gasteiger partial charge < -0.3 is 5.73 Å². The van der Waals surface area contributed by atoms with Gasteiger partial charge in [0.2, 0.25) is 0 Å². The van der Waals surface area contributed by atoms with E-state index >= 15 is 0 Å². The molecule has 23 heavy (non-hydrogen) atoms. The summed E-state index contributed by atoms with van der Waals surface area (Å²) in [4.78, 5) is 0. The van der Waals surface area contributed by atoms with Crippen molar-refractivity contribution in [1.82, 2.24) is 9.78 Å². The molecule has 3 rings (SSSR count). The first-order valence-corrected chi connectivity index (χ1v) is 7.94. The number of aromatic nitrogens is 2. The van der Waals surface area contributed by atoms with E-state index in [1.54, 1.807) is 4.68 Å². The second kappa shape index (κ2) is 6.34. The van der Waals surface area contributed by atoms with Crippen LogP contribution in [0.2, 0.25) is 0 Å². The van der Waals surface area contributed by atoms with E-state index in [2.05, 4.69) is 31.3 Å². The predicted octanol–water partition coefficient (Wildman–Crippen LogP) is 5.25. The second-order valence-corrected chi connectivity index (χ2v) is 6.08. The molecule has 116 valence electrons. The molecule has 0 radical (unpaired) electrons. The van der Waals surface area contributed by atoms with E-state index in [-0.39, 0.29) is 0 Å². The third-order valence-corrected chi connectivity index (χ3v) is 4.06. The van der Waals surface area contributed by atoms with E-state index < -0.39 is 0 Å². The Balaban J connectivity index is 1.98. The molecule has 0 amide bonds. The Morgan fingerprint density at radius 3 is 2.48 bits per heavy atom. The van der Waals surface area contributed by atoms with Gasteiger partial charge in [-0.3, -0.25) is 0 Å². The van der Waals surface area contributed by atoms with Crippen molar-refractivity contribution in [1.29, 1.82) is 0 Å². The largest absolute Gasteiger partial charge is 0.382 e. The second-order valence-electron chi connectivity index (χ2n) is 5.22. The van der Waals surface area contributed by atoms with Gasteiger partial charge in [0.1, 0.15) is 0 Å². The number of aryl methyl sites for hydroxylation is 2. The number of nitrogens with two attached hydrogens (primary N) is 1. The molecular weight excluding hydrogens is 354 g/mol. The zero-order chi connectivity index (χ0) is 16.4. The molecule has 0 saturated heterocycles. The van der Waals surface area contributed by atoms with E-state index in [9.17, 15) is 0 Å². The number of para-hydroxylation sites is 1. The first-order valence-electron chi connectivity index (χ1n) is 7.14. The number of anilines is 1. The number of nitrogen functional groups attached to an aromatic ring is 1. The molecule has 0 aliphatic carbocycles. The van der Waals surface area contributed by atoms with Crippen molar-refractivity contribution in [2.75, 3.05) is 5.73 Å². The quantitative estimate of drug-likeness (QED) is 0.640. The number of rotatable bonds is 3. The normalized spacial score (nSPS) is 11.3. The number of hydrogen-bond donors (Lipinski definition) is 1. The van der Waals surface area contributed by atoms with Gasteiger partial charge in [0.25, 0.3) is 0 Å². The van der Waals surface area contributed by atoms with Crippen LogP contribution in [0.4, 0.5) is 17.2 Å². The molecule has 0 aliphatic rings. The van der Waals surface area contributed by atoms with Crippen molar-refractivity contribution in [2.45, 2.75) is 13.8 Å². The number of hydrogen-bond acceptors (Lipinski definition) is 4. The van der Waals surface area contributed by atoms with E-state index in [1.165, 1.54) is 0 Å². The molecule has 0 aliphatic heterocycles. The Bertz CT molecular complexity index is 868. The topological polar surface area (TPSA) is 68.6 Å². The molecule has 0 spiro atoms. The summed E-state index contributed by atoms with van der Waals surface area (Å²) < 4.78 is 2.57. The molecule has 0 fully saturated rings. The molecular formula is C17H16BrN5. The molecule has 0 bridgehead atoms. The molecule has 0 saturated carbocycles. The van der Waals surface area contributed by atoms with Gasteiger partial charge in [-0.05, 0) is 59.6 Å². The fourth-order valence-electron chi connectivity index (χ4n) is 2.22. The van der Waals surface area contributed by atoms with Crippen molar-refractivity contribution in [3.05, 3.63) is 64.3 Å². The highest BCUT2D eigenvalue weighted by atomic mass is 79.9. The van der Waals surface area contributed by atoms with Crippen LogP contribution in [0.25, 0.3) is 5.69 Å². The predicted molar refractivity (Wildman–Crippen MR) is 95.8 cm³/mol. The monoisotopic (exact) mass is 369 g/mol. The SMILES string of the molecule is Cc1ccc(N=Nc2c(C)nn(-c3ccccc3)c2N)c(Br)c1. The average Bonchev–Trinajstić information content (AvgIpc) is 2.82. The Morgan fingerprint density at radius 2 is 1.78 bits per heavy atom. The van der Waals surface area contributed by atoms with Crippen LogP contribution in [0.5, 0.6) is 0 Å². The summed E-state index contributed by atoms with van der Waals surface area (Å²) in [5.41, 5.74) is 10.3. The van der Waals surface area contributed by atoms with Crippen LogP contribution in [-0.4, -0.2) is 9.78 Å². The number of azo groups is 1. The lowest BCUT2D eigenvalue weighted by Gasteiger charge is -2.02. The molecule has 1 aromatic heterocycles. The van der Waals surface area contributed by atoms with Gasteiger partial charge in [0.05, 0.1) is 17.1 Å². The van der Waals surface area contributed by atoms with Crippen LogP contribution >= 0.6 is 15.9 Å². The van der Waals surface area contributed by atoms with Crippen LogP contribution in [-0.2, 0) is 0 Å². The Morgan fingerprint density at radius 1 is 1.04 bits per heavy atom. The Kier molecular flexibility index (Phi) is 4.25. The summed E-state index contributed by atoms with van der Waals surface area (Å²) in [7, 11) is 0. The van der Waals surface area contributed by atoms with E-state index in [4.69, 9.17) is 5.73 Å². The highest BCUT2D eigenvalue weighted by Crippen LogP contribution is 2.32. The van der Waals surface area contributed by atoms with E-state index in [0.29, 0.717) is 11.5 Å². The van der Waals surface area contributed by atoms with Crippen molar-refractivity contribution < 1.29 is 0 Å². The third-order valence-electron chi connectivity index (χ3n) is 3.43. The zero-order valence-corrected chi connectivity index (χ0v) is 14.4. The van der Waals surface area contributed by atoms with E-state index in [0.717, 1.165) is 27.1 Å². The van der Waals surface area contributed by atoms with Crippen molar-refractivity contribution in [3.63, 3.8) is 0 Å². The van der Waals surface area contributed by atoms with Crippen LogP contribution in [0.1, 0.15) is 11.3 Å². The summed E-state index contributed by atoms with van der Waals surface area (Å²) in [5, 5.41) is 13.0. The van der Waals surface area contributed by atoms with Crippen LogP contribution < -0.4 is 5.73 Å². The third kappa shape index (κ3) is 3.17. The molecule has 1 heterocycles. The van der Waals surface area contributed by atoms with Crippen LogP contribution in [0.15, 0.2) is 63.2 Å². The summed E-state index contributed by atoms with van der Waals surface area (Å²) in [6.45, 7) is 3.89. The molecule has 2 N–H and O–H groups in total. The van der Waals surface area contributed by atoms with Crippen molar-refractivity contribution >= 4 is 33.1 Å². The minimum absolute atomic E-state index is 0.473. The van der Waals surface area contributed by atoms with Crippen molar-refractivity contribution in [2.24, 2.45) is 10.2 Å². The smallest absolute Gasteiger partial charge is 0.155 e. The number of nitrogens with zero attached hydrogens (tertiary/aromatic N) is 4. The highest BCUT2D eigenvalue weighted by molar-refractivity contribution is 9.10. The summed E-state index contributed by atoms with van der Waals surface area (Å²) in [6, 6.07) is 15.6.